The summed E-state index contributed by atoms with van der Waals surface area (Å²) in [6.45, 7) is 9.72. The van der Waals surface area contributed by atoms with E-state index < -0.39 is 22.8 Å². The lowest BCUT2D eigenvalue weighted by molar-refractivity contribution is -0.126. The molecule has 0 spiro atoms. The molecule has 55 heavy (non-hydrogen) atoms. The van der Waals surface area contributed by atoms with E-state index in [4.69, 9.17) is 0 Å². The first kappa shape index (κ1) is 39.1. The van der Waals surface area contributed by atoms with Gasteiger partial charge in [-0.3, -0.25) is 9.80 Å². The number of piperazine rings is 1. The van der Waals surface area contributed by atoms with E-state index in [-0.39, 0.29) is 17.0 Å². The van der Waals surface area contributed by atoms with Crippen LogP contribution in [-0.4, -0.2) is 101 Å². The molecule has 16 heteroatoms. The van der Waals surface area contributed by atoms with Gasteiger partial charge in [0.2, 0.25) is 0 Å². The van der Waals surface area contributed by atoms with Crippen molar-refractivity contribution in [2.45, 2.75) is 70.9 Å². The molecule has 0 amide bonds. The number of benzene rings is 2. The Hall–Kier alpha value is -4.11. The summed E-state index contributed by atoms with van der Waals surface area (Å²) >= 11 is 1.06. The lowest BCUT2D eigenvalue weighted by Crippen LogP contribution is -2.54. The number of anilines is 1. The van der Waals surface area contributed by atoms with E-state index in [1.165, 1.54) is 16.2 Å². The van der Waals surface area contributed by atoms with Crippen LogP contribution in [-0.2, 0) is 36.1 Å². The molecule has 11 nitrogen and oxygen atoms in total. The third kappa shape index (κ3) is 9.31. The molecule has 2 aliphatic rings. The smallest absolute Gasteiger partial charge is 0.367 e. The summed E-state index contributed by atoms with van der Waals surface area (Å²) in [6.07, 6.45) is -1.47. The molecular formula is C39H46F3N9O2S2. The van der Waals surface area contributed by atoms with E-state index in [1.807, 2.05) is 36.4 Å². The van der Waals surface area contributed by atoms with Gasteiger partial charge in [0.25, 0.3) is 10.2 Å². The number of aromatic nitrogens is 3. The van der Waals surface area contributed by atoms with Crippen molar-refractivity contribution in [3.8, 4) is 6.07 Å². The van der Waals surface area contributed by atoms with Gasteiger partial charge < -0.3 is 9.88 Å². The maximum atomic E-state index is 13.0. The molecule has 2 saturated heterocycles. The van der Waals surface area contributed by atoms with Crippen molar-refractivity contribution < 1.29 is 21.6 Å². The van der Waals surface area contributed by atoms with Crippen molar-refractivity contribution in [3.05, 3.63) is 88.2 Å². The number of nitriles is 1. The van der Waals surface area contributed by atoms with Crippen molar-refractivity contribution in [2.75, 3.05) is 51.1 Å². The number of aryl methyl sites for hydroxylation is 1. The van der Waals surface area contributed by atoms with E-state index in [1.54, 1.807) is 6.07 Å². The highest BCUT2D eigenvalue weighted by molar-refractivity contribution is 7.87. The van der Waals surface area contributed by atoms with Crippen LogP contribution in [0.5, 0.6) is 0 Å². The number of alkyl halides is 3. The molecule has 1 atom stereocenters. The van der Waals surface area contributed by atoms with Crippen LogP contribution in [0.4, 0.5) is 19.0 Å². The highest BCUT2D eigenvalue weighted by Gasteiger charge is 2.31. The molecule has 0 bridgehead atoms. The fraction of sp³-hybridized carbons (Fsp3) is 0.462. The van der Waals surface area contributed by atoms with Crippen LogP contribution < -0.4 is 10.0 Å². The predicted octanol–water partition coefficient (Wildman–Crippen LogP) is 6.09. The van der Waals surface area contributed by atoms with Gasteiger partial charge in [-0.15, -0.1) is 11.3 Å². The third-order valence-corrected chi connectivity index (χ3v) is 13.5. The zero-order valence-electron chi connectivity index (χ0n) is 31.0. The number of rotatable bonds is 13. The molecule has 5 aromatic rings. The topological polar surface area (TPSA) is 122 Å². The second kappa shape index (κ2) is 16.5. The maximum Gasteiger partial charge on any atom is 0.393 e. The summed E-state index contributed by atoms with van der Waals surface area (Å²) < 4.78 is 71.3. The van der Waals surface area contributed by atoms with E-state index >= 15 is 0 Å². The van der Waals surface area contributed by atoms with Gasteiger partial charge in [0, 0.05) is 86.8 Å². The van der Waals surface area contributed by atoms with Gasteiger partial charge >= 0.3 is 6.18 Å². The molecule has 2 aromatic carbocycles. The molecule has 292 valence electrons. The highest BCUT2D eigenvalue weighted by Crippen LogP contribution is 2.34. The average Bonchev–Trinajstić information content (AvgIpc) is 3.74. The minimum absolute atomic E-state index is 0.0913. The Morgan fingerprint density at radius 3 is 2.45 bits per heavy atom. The van der Waals surface area contributed by atoms with Crippen LogP contribution in [0.1, 0.15) is 47.0 Å². The summed E-state index contributed by atoms with van der Waals surface area (Å²) in [5.41, 5.74) is 5.06. The standard InChI is InChI=1S/C39H46F3N9O2S2/c1-27(49-16-18-50(19-17-49)55(52,53)46-13-10-29-6-4-3-5-7-29)24-51-32(23-43)20-34-28(2)30(8-9-36(34)51)25-48-14-11-31(12-15-48)47-37-35-21-33(22-39(40,41)42)54-38(35)45-26-44-37/h3-9,20-21,26-27,31,46H,10-19,22,24-25H2,1-2H3,(H,44,45,47)/t27-/m0/s1. The van der Waals surface area contributed by atoms with E-state index in [2.05, 4.69) is 66.4 Å². The normalized spacial score (nSPS) is 17.5. The van der Waals surface area contributed by atoms with Crippen molar-refractivity contribution in [1.29, 1.82) is 5.26 Å². The fourth-order valence-corrected chi connectivity index (χ4v) is 9.99. The van der Waals surface area contributed by atoms with Gasteiger partial charge in [-0.2, -0.15) is 31.2 Å². The predicted molar refractivity (Wildman–Crippen MR) is 210 cm³/mol. The summed E-state index contributed by atoms with van der Waals surface area (Å²) in [5.74, 6) is 0.583. The van der Waals surface area contributed by atoms with Crippen LogP contribution in [0.3, 0.4) is 0 Å². The zero-order chi connectivity index (χ0) is 38.7. The molecule has 2 fully saturated rings. The molecule has 0 aliphatic carbocycles. The largest absolute Gasteiger partial charge is 0.393 e. The molecular weight excluding hydrogens is 748 g/mol. The third-order valence-electron chi connectivity index (χ3n) is 10.9. The maximum absolute atomic E-state index is 13.0. The molecule has 5 heterocycles. The zero-order valence-corrected chi connectivity index (χ0v) is 32.7. The van der Waals surface area contributed by atoms with Gasteiger partial charge in [-0.1, -0.05) is 36.4 Å². The van der Waals surface area contributed by atoms with E-state index in [0.717, 1.165) is 65.8 Å². The van der Waals surface area contributed by atoms with Gasteiger partial charge in [-0.05, 0) is 68.0 Å². The van der Waals surface area contributed by atoms with Crippen LogP contribution in [0, 0.1) is 18.3 Å². The Bertz CT molecular complexity index is 2260. The Labute approximate surface area is 323 Å². The van der Waals surface area contributed by atoms with Crippen LogP contribution in [0.2, 0.25) is 0 Å². The van der Waals surface area contributed by atoms with Crippen molar-refractivity contribution >= 4 is 48.5 Å². The minimum atomic E-state index is -4.27. The average molecular weight is 794 g/mol. The van der Waals surface area contributed by atoms with Crippen molar-refractivity contribution in [2.24, 2.45) is 0 Å². The first-order valence-corrected chi connectivity index (χ1v) is 21.0. The van der Waals surface area contributed by atoms with Gasteiger partial charge in [0.1, 0.15) is 28.7 Å². The van der Waals surface area contributed by atoms with Crippen LogP contribution >= 0.6 is 11.3 Å². The van der Waals surface area contributed by atoms with Crippen molar-refractivity contribution in [1.82, 2.24) is 33.4 Å². The van der Waals surface area contributed by atoms with Crippen LogP contribution in [0.15, 0.2) is 60.9 Å². The molecule has 3 aromatic heterocycles. The first-order chi connectivity index (χ1) is 26.4. The molecule has 0 saturated carbocycles. The van der Waals surface area contributed by atoms with E-state index in [0.29, 0.717) is 67.4 Å². The second-order valence-corrected chi connectivity index (χ2v) is 17.5. The summed E-state index contributed by atoms with van der Waals surface area (Å²) in [4.78, 5) is 14.0. The quantitative estimate of drug-likeness (QED) is 0.147. The van der Waals surface area contributed by atoms with Gasteiger partial charge in [-0.25, -0.2) is 14.7 Å². The second-order valence-electron chi connectivity index (χ2n) is 14.6. The Balaban J connectivity index is 0.929. The molecule has 7 rings (SSSR count). The van der Waals surface area contributed by atoms with Crippen molar-refractivity contribution in [3.63, 3.8) is 0 Å². The minimum Gasteiger partial charge on any atom is -0.367 e. The number of nitrogens with one attached hydrogen (secondary N) is 2. The first-order valence-electron chi connectivity index (χ1n) is 18.7. The van der Waals surface area contributed by atoms with E-state index in [9.17, 15) is 26.9 Å². The van der Waals surface area contributed by atoms with Crippen LogP contribution in [0.25, 0.3) is 21.1 Å². The lowest BCUT2D eigenvalue weighted by Gasteiger charge is -2.37. The van der Waals surface area contributed by atoms with Gasteiger partial charge in [0.15, 0.2) is 0 Å². The summed E-state index contributed by atoms with van der Waals surface area (Å²) in [5, 5.41) is 15.3. The summed E-state index contributed by atoms with van der Waals surface area (Å²) in [7, 11) is -3.57. The monoisotopic (exact) mass is 793 g/mol. The number of hydrogen-bond acceptors (Lipinski definition) is 9. The fourth-order valence-electron chi connectivity index (χ4n) is 7.78. The number of nitrogens with zero attached hydrogens (tertiary/aromatic N) is 7. The van der Waals surface area contributed by atoms with Gasteiger partial charge in [0.05, 0.1) is 11.8 Å². The molecule has 0 radical (unpaired) electrons. The number of thiophene rings is 1. The number of likely N-dealkylation sites (tertiary alicyclic amines) is 1. The molecule has 2 aliphatic heterocycles. The number of fused-ring (bicyclic) bond motifs is 2. The Morgan fingerprint density at radius 1 is 1.00 bits per heavy atom. The molecule has 0 unspecified atom stereocenters. The number of halogens is 3. The lowest BCUT2D eigenvalue weighted by atomic mass is 10.0. The SMILES string of the molecule is Cc1c(CN2CCC(Nc3ncnc4sc(CC(F)(F)F)cc34)CC2)ccc2c1cc(C#N)n2C[C@H](C)N1CCN(S(=O)(=O)NCCc2ccccc2)CC1. The number of hydrogen-bond donors (Lipinski definition) is 2. The summed E-state index contributed by atoms with van der Waals surface area (Å²) in [6, 6.07) is 20.3. The Kier molecular flexibility index (Phi) is 11.8. The number of piperidine rings is 1. The Morgan fingerprint density at radius 2 is 1.75 bits per heavy atom. The highest BCUT2D eigenvalue weighted by atomic mass is 32.2. The molecule has 2 N–H and O–H groups in total.